The number of ether oxygens (including phenoxy) is 2. The monoisotopic (exact) mass is 373 g/mol. The lowest BCUT2D eigenvalue weighted by atomic mass is 9.75. The van der Waals surface area contributed by atoms with Gasteiger partial charge in [0, 0.05) is 30.5 Å². The quantitative estimate of drug-likeness (QED) is 0.717. The number of fused-ring (bicyclic) bond motifs is 2. The first-order valence-electron chi connectivity index (χ1n) is 9.69. The van der Waals surface area contributed by atoms with Gasteiger partial charge in [0.25, 0.3) is 0 Å². The predicted octanol–water partition coefficient (Wildman–Crippen LogP) is 4.53. The first-order valence-corrected chi connectivity index (χ1v) is 9.69. The molecule has 0 spiro atoms. The molecule has 2 aliphatic rings. The Morgan fingerprint density at radius 2 is 1.75 bits per heavy atom. The van der Waals surface area contributed by atoms with E-state index in [1.165, 1.54) is 11.1 Å². The SMILES string of the molecule is CN1CCOc2ccc([C@@H]3c4ccc(O)cc4OC[C@@H]3c3ccccc3)cc21. The van der Waals surface area contributed by atoms with E-state index in [2.05, 4.69) is 54.4 Å². The van der Waals surface area contributed by atoms with E-state index in [0.717, 1.165) is 35.9 Å². The normalized spacial score (nSPS) is 20.5. The third-order valence-corrected chi connectivity index (χ3v) is 5.82. The molecule has 0 bridgehead atoms. The average Bonchev–Trinajstić information content (AvgIpc) is 2.73. The molecule has 0 unspecified atom stereocenters. The van der Waals surface area contributed by atoms with Crippen LogP contribution in [0.15, 0.2) is 66.7 Å². The van der Waals surface area contributed by atoms with Crippen molar-refractivity contribution in [2.75, 3.05) is 31.7 Å². The summed E-state index contributed by atoms with van der Waals surface area (Å²) < 4.78 is 11.9. The van der Waals surface area contributed by atoms with Gasteiger partial charge < -0.3 is 19.5 Å². The van der Waals surface area contributed by atoms with Crippen LogP contribution in [0.3, 0.4) is 0 Å². The van der Waals surface area contributed by atoms with E-state index in [9.17, 15) is 5.11 Å². The summed E-state index contributed by atoms with van der Waals surface area (Å²) in [5, 5.41) is 9.92. The van der Waals surface area contributed by atoms with Crippen molar-refractivity contribution in [3.05, 3.63) is 83.4 Å². The van der Waals surface area contributed by atoms with E-state index in [-0.39, 0.29) is 17.6 Å². The maximum Gasteiger partial charge on any atom is 0.142 e. The van der Waals surface area contributed by atoms with E-state index in [1.54, 1.807) is 12.1 Å². The highest BCUT2D eigenvalue weighted by Crippen LogP contribution is 2.48. The topological polar surface area (TPSA) is 41.9 Å². The van der Waals surface area contributed by atoms with Crippen molar-refractivity contribution in [1.29, 1.82) is 0 Å². The van der Waals surface area contributed by atoms with Gasteiger partial charge in [-0.3, -0.25) is 0 Å². The number of hydrogen-bond acceptors (Lipinski definition) is 4. The molecule has 5 rings (SSSR count). The molecular weight excluding hydrogens is 350 g/mol. The lowest BCUT2D eigenvalue weighted by molar-refractivity contribution is 0.247. The first kappa shape index (κ1) is 17.0. The molecule has 1 N–H and O–H groups in total. The van der Waals surface area contributed by atoms with Crippen LogP contribution in [0.5, 0.6) is 17.2 Å². The fourth-order valence-electron chi connectivity index (χ4n) is 4.36. The average molecular weight is 373 g/mol. The second-order valence-corrected chi connectivity index (χ2v) is 7.53. The number of phenolic OH excluding ortho intramolecular Hbond substituents is 1. The zero-order valence-corrected chi connectivity index (χ0v) is 15.8. The van der Waals surface area contributed by atoms with Crippen molar-refractivity contribution < 1.29 is 14.6 Å². The number of anilines is 1. The molecule has 0 saturated carbocycles. The molecule has 0 radical (unpaired) electrons. The Hall–Kier alpha value is -3.14. The molecule has 4 heteroatoms. The van der Waals surface area contributed by atoms with Crippen LogP contribution in [-0.2, 0) is 0 Å². The van der Waals surface area contributed by atoms with Crippen LogP contribution >= 0.6 is 0 Å². The van der Waals surface area contributed by atoms with E-state index < -0.39 is 0 Å². The summed E-state index contributed by atoms with van der Waals surface area (Å²) >= 11 is 0. The lowest BCUT2D eigenvalue weighted by Crippen LogP contribution is -2.29. The van der Waals surface area contributed by atoms with Crippen molar-refractivity contribution in [2.24, 2.45) is 0 Å². The van der Waals surface area contributed by atoms with Gasteiger partial charge in [-0.25, -0.2) is 0 Å². The summed E-state index contributed by atoms with van der Waals surface area (Å²) in [5.41, 5.74) is 4.73. The Morgan fingerprint density at radius 1 is 0.893 bits per heavy atom. The van der Waals surface area contributed by atoms with Gasteiger partial charge in [0.15, 0.2) is 0 Å². The highest BCUT2D eigenvalue weighted by atomic mass is 16.5. The molecule has 0 fully saturated rings. The summed E-state index contributed by atoms with van der Waals surface area (Å²) in [5.74, 6) is 2.28. The van der Waals surface area contributed by atoms with Crippen LogP contribution < -0.4 is 14.4 Å². The maximum atomic E-state index is 9.92. The van der Waals surface area contributed by atoms with Gasteiger partial charge in [-0.05, 0) is 29.3 Å². The fourth-order valence-corrected chi connectivity index (χ4v) is 4.36. The van der Waals surface area contributed by atoms with Gasteiger partial charge in [-0.2, -0.15) is 0 Å². The zero-order chi connectivity index (χ0) is 19.1. The smallest absolute Gasteiger partial charge is 0.142 e. The van der Waals surface area contributed by atoms with Crippen LogP contribution in [0.25, 0.3) is 0 Å². The summed E-state index contributed by atoms with van der Waals surface area (Å²) in [6.07, 6.45) is 0. The molecule has 2 atom stereocenters. The molecule has 3 aromatic carbocycles. The molecule has 0 amide bonds. The van der Waals surface area contributed by atoms with Gasteiger partial charge in [0.2, 0.25) is 0 Å². The van der Waals surface area contributed by atoms with Gasteiger partial charge in [-0.1, -0.05) is 42.5 Å². The molecule has 0 aromatic heterocycles. The summed E-state index contributed by atoms with van der Waals surface area (Å²) in [4.78, 5) is 2.25. The molecule has 4 nitrogen and oxygen atoms in total. The maximum absolute atomic E-state index is 9.92. The third-order valence-electron chi connectivity index (χ3n) is 5.82. The second kappa shape index (κ2) is 6.79. The predicted molar refractivity (Wildman–Crippen MR) is 110 cm³/mol. The van der Waals surface area contributed by atoms with Crippen LogP contribution in [0.2, 0.25) is 0 Å². The molecular formula is C24H23NO3. The van der Waals surface area contributed by atoms with E-state index in [0.29, 0.717) is 6.61 Å². The Morgan fingerprint density at radius 3 is 2.61 bits per heavy atom. The highest BCUT2D eigenvalue weighted by molar-refractivity contribution is 5.63. The van der Waals surface area contributed by atoms with E-state index in [1.807, 2.05) is 12.1 Å². The van der Waals surface area contributed by atoms with Crippen molar-refractivity contribution in [1.82, 2.24) is 0 Å². The van der Waals surface area contributed by atoms with Crippen molar-refractivity contribution >= 4 is 5.69 Å². The van der Waals surface area contributed by atoms with Crippen molar-refractivity contribution in [2.45, 2.75) is 11.8 Å². The lowest BCUT2D eigenvalue weighted by Gasteiger charge is -2.36. The first-order chi connectivity index (χ1) is 13.7. The zero-order valence-electron chi connectivity index (χ0n) is 15.8. The minimum atomic E-state index is 0.146. The Bertz CT molecular complexity index is 1000. The summed E-state index contributed by atoms with van der Waals surface area (Å²) in [7, 11) is 2.11. The largest absolute Gasteiger partial charge is 0.508 e. The second-order valence-electron chi connectivity index (χ2n) is 7.53. The van der Waals surface area contributed by atoms with Crippen LogP contribution in [0.4, 0.5) is 5.69 Å². The Balaban J connectivity index is 1.66. The van der Waals surface area contributed by atoms with Gasteiger partial charge in [-0.15, -0.1) is 0 Å². The van der Waals surface area contributed by atoms with Gasteiger partial charge in [0.05, 0.1) is 18.8 Å². The van der Waals surface area contributed by atoms with Crippen molar-refractivity contribution in [3.63, 3.8) is 0 Å². The number of hydrogen-bond donors (Lipinski definition) is 1. The number of aromatic hydroxyl groups is 1. The minimum absolute atomic E-state index is 0.146. The molecule has 0 aliphatic carbocycles. The number of benzene rings is 3. The van der Waals surface area contributed by atoms with Crippen LogP contribution in [0.1, 0.15) is 28.5 Å². The number of phenols is 1. The molecule has 2 heterocycles. The number of rotatable bonds is 2. The minimum Gasteiger partial charge on any atom is -0.508 e. The molecule has 3 aromatic rings. The Labute approximate surface area is 165 Å². The number of nitrogens with zero attached hydrogens (tertiary/aromatic N) is 1. The summed E-state index contributed by atoms with van der Waals surface area (Å²) in [6, 6.07) is 22.5. The molecule has 0 saturated heterocycles. The molecule has 142 valence electrons. The molecule has 2 aliphatic heterocycles. The fraction of sp³-hybridized carbons (Fsp3) is 0.250. The van der Waals surface area contributed by atoms with Crippen LogP contribution in [0, 0.1) is 0 Å². The Kier molecular flexibility index (Phi) is 4.12. The summed E-state index contributed by atoms with van der Waals surface area (Å²) in [6.45, 7) is 2.18. The van der Waals surface area contributed by atoms with E-state index in [4.69, 9.17) is 9.47 Å². The molecule has 28 heavy (non-hydrogen) atoms. The van der Waals surface area contributed by atoms with Crippen molar-refractivity contribution in [3.8, 4) is 17.2 Å². The van der Waals surface area contributed by atoms with Crippen LogP contribution in [-0.4, -0.2) is 31.9 Å². The standard InChI is InChI=1S/C24H23NO3/c1-25-11-12-27-22-10-7-17(13-21(22)25)24-19-9-8-18(26)14-23(19)28-15-20(24)16-5-3-2-4-6-16/h2-10,13-14,20,24,26H,11-12,15H2,1H3/t20-,24-/m1/s1. The number of likely N-dealkylation sites (N-methyl/N-ethyl adjacent to an activating group) is 1. The van der Waals surface area contributed by atoms with E-state index >= 15 is 0 Å². The van der Waals surface area contributed by atoms with Gasteiger partial charge >= 0.3 is 0 Å². The van der Waals surface area contributed by atoms with Gasteiger partial charge in [0.1, 0.15) is 23.9 Å². The highest BCUT2D eigenvalue weighted by Gasteiger charge is 2.34. The third kappa shape index (κ3) is 2.85.